The molecule has 0 bridgehead atoms. The van der Waals surface area contributed by atoms with Gasteiger partial charge in [-0.3, -0.25) is 9.36 Å². The number of likely N-dealkylation sites (N-methyl/N-ethyl adjacent to an activating group) is 1. The van der Waals surface area contributed by atoms with Crippen LogP contribution < -0.4 is 10.6 Å². The van der Waals surface area contributed by atoms with Crippen molar-refractivity contribution in [2.24, 2.45) is 0 Å². The van der Waals surface area contributed by atoms with Crippen molar-refractivity contribution in [2.45, 2.75) is 44.6 Å². The molecule has 0 saturated carbocycles. The molecule has 6 rings (SSSR count). The van der Waals surface area contributed by atoms with Crippen molar-refractivity contribution in [3.8, 4) is 11.5 Å². The van der Waals surface area contributed by atoms with Crippen LogP contribution in [0.3, 0.4) is 0 Å². The molecule has 40 heavy (non-hydrogen) atoms. The van der Waals surface area contributed by atoms with Crippen LogP contribution >= 0.6 is 0 Å². The lowest BCUT2D eigenvalue weighted by atomic mass is 10.1. The predicted molar refractivity (Wildman–Crippen MR) is 138 cm³/mol. The Hall–Kier alpha value is -4.73. The number of ether oxygens (including phenoxy) is 1. The number of carbonyl (C=O) groups is 1. The van der Waals surface area contributed by atoms with Crippen LogP contribution in [-0.2, 0) is 22.6 Å². The molecule has 1 aromatic carbocycles. The van der Waals surface area contributed by atoms with Gasteiger partial charge in [-0.15, -0.1) is 5.10 Å². The fraction of sp³-hybridized carbons (Fsp3) is 0.320. The smallest absolute Gasteiger partial charge is 0.251 e. The van der Waals surface area contributed by atoms with Crippen molar-refractivity contribution in [1.29, 1.82) is 0 Å². The van der Waals surface area contributed by atoms with Crippen LogP contribution in [0.1, 0.15) is 23.2 Å². The van der Waals surface area contributed by atoms with E-state index in [1.807, 2.05) is 37.3 Å². The van der Waals surface area contributed by atoms with Crippen LogP contribution in [0.5, 0.6) is 0 Å². The lowest BCUT2D eigenvalue weighted by Gasteiger charge is -2.16. The van der Waals surface area contributed by atoms with Gasteiger partial charge < -0.3 is 30.1 Å². The summed E-state index contributed by atoms with van der Waals surface area (Å²) < 4.78 is 14.2. The first-order valence-electron chi connectivity index (χ1n) is 12.5. The molecular weight excluding hydrogens is 520 g/mol. The largest absolute Gasteiger partial charge is 0.387 e. The average Bonchev–Trinajstić information content (AvgIpc) is 3.76. The number of carbonyl (C=O) groups excluding carboxylic acids is 1. The quantitative estimate of drug-likeness (QED) is 0.210. The van der Waals surface area contributed by atoms with Crippen LogP contribution in [0.25, 0.3) is 22.7 Å². The summed E-state index contributed by atoms with van der Waals surface area (Å²) in [5, 5.41) is 39.2. The zero-order chi connectivity index (χ0) is 27.8. The number of nitrogens with one attached hydrogen (secondary N) is 2. The number of anilines is 1. The number of nitrogens with zero attached hydrogens (tertiary/aromatic N) is 8. The van der Waals surface area contributed by atoms with Crippen molar-refractivity contribution in [3.63, 3.8) is 0 Å². The Labute approximate surface area is 226 Å². The number of aromatic nitrogens is 8. The highest BCUT2D eigenvalue weighted by atomic mass is 16.6. The first-order valence-corrected chi connectivity index (χ1v) is 12.5. The second-order valence-corrected chi connectivity index (χ2v) is 9.34. The summed E-state index contributed by atoms with van der Waals surface area (Å²) in [7, 11) is 1.42. The molecule has 1 amide bonds. The number of rotatable bonds is 8. The van der Waals surface area contributed by atoms with E-state index in [-0.39, 0.29) is 18.0 Å². The maximum Gasteiger partial charge on any atom is 0.251 e. The van der Waals surface area contributed by atoms with E-state index in [9.17, 15) is 15.0 Å². The molecule has 5 heterocycles. The SMILES string of the molecule is CNC(=O)[C@H]1O[C@@H](n2cnc3c(NCc4cc(C)no4)nc(-c4cn(Cc5ccccc5)nn4)nc32)[C@H](O)[C@@H]1O. The predicted octanol–water partition coefficient (Wildman–Crippen LogP) is 0.407. The monoisotopic (exact) mass is 546 g/mol. The van der Waals surface area contributed by atoms with E-state index < -0.39 is 30.4 Å². The van der Waals surface area contributed by atoms with Gasteiger partial charge in [0, 0.05) is 13.1 Å². The normalized spacial score (nSPS) is 20.7. The first kappa shape index (κ1) is 25.5. The van der Waals surface area contributed by atoms with Gasteiger partial charge in [0.2, 0.25) is 0 Å². The van der Waals surface area contributed by atoms with Gasteiger partial charge in [-0.2, -0.15) is 0 Å². The third kappa shape index (κ3) is 4.76. The molecule has 1 aliphatic rings. The van der Waals surface area contributed by atoms with Gasteiger partial charge in [0.1, 0.15) is 12.2 Å². The van der Waals surface area contributed by atoms with Gasteiger partial charge >= 0.3 is 0 Å². The van der Waals surface area contributed by atoms with Gasteiger partial charge in [-0.25, -0.2) is 19.6 Å². The molecule has 0 spiro atoms. The van der Waals surface area contributed by atoms with E-state index in [1.165, 1.54) is 17.9 Å². The van der Waals surface area contributed by atoms with Crippen molar-refractivity contribution in [3.05, 3.63) is 65.9 Å². The van der Waals surface area contributed by atoms with Crippen LogP contribution in [0.4, 0.5) is 5.82 Å². The summed E-state index contributed by atoms with van der Waals surface area (Å²) in [6, 6.07) is 11.6. The molecule has 0 aliphatic carbocycles. The minimum atomic E-state index is -1.45. The van der Waals surface area contributed by atoms with Crippen molar-refractivity contribution in [2.75, 3.05) is 12.4 Å². The maximum absolute atomic E-state index is 12.2. The molecule has 0 unspecified atom stereocenters. The zero-order valence-electron chi connectivity index (χ0n) is 21.5. The third-order valence-corrected chi connectivity index (χ3v) is 6.50. The number of hydrogen-bond donors (Lipinski definition) is 4. The Morgan fingerprint density at radius 3 is 2.73 bits per heavy atom. The maximum atomic E-state index is 12.2. The van der Waals surface area contributed by atoms with Crippen molar-refractivity contribution in [1.82, 2.24) is 45.0 Å². The van der Waals surface area contributed by atoms with Gasteiger partial charge in [0.25, 0.3) is 5.91 Å². The highest BCUT2D eigenvalue weighted by molar-refractivity contribution is 5.85. The molecule has 15 heteroatoms. The van der Waals surface area contributed by atoms with E-state index in [0.717, 1.165) is 11.3 Å². The highest BCUT2D eigenvalue weighted by Gasteiger charge is 2.47. The van der Waals surface area contributed by atoms with E-state index in [4.69, 9.17) is 9.26 Å². The fourth-order valence-electron chi connectivity index (χ4n) is 4.51. The summed E-state index contributed by atoms with van der Waals surface area (Å²) in [4.78, 5) is 26.0. The number of hydrogen-bond acceptors (Lipinski definition) is 12. The lowest BCUT2D eigenvalue weighted by molar-refractivity contribution is -0.137. The molecule has 1 fully saturated rings. The second-order valence-electron chi connectivity index (χ2n) is 9.34. The van der Waals surface area contributed by atoms with E-state index in [1.54, 1.807) is 16.9 Å². The number of benzene rings is 1. The van der Waals surface area contributed by atoms with Crippen LogP contribution in [0, 0.1) is 6.92 Å². The minimum absolute atomic E-state index is 0.237. The summed E-state index contributed by atoms with van der Waals surface area (Å²) >= 11 is 0. The Morgan fingerprint density at radius 2 is 1.98 bits per heavy atom. The Bertz CT molecular complexity index is 1650. The Balaban J connectivity index is 1.38. The molecule has 206 valence electrons. The minimum Gasteiger partial charge on any atom is -0.387 e. The van der Waals surface area contributed by atoms with Gasteiger partial charge in [-0.1, -0.05) is 40.7 Å². The van der Waals surface area contributed by atoms with Crippen LogP contribution in [0.15, 0.2) is 53.4 Å². The molecule has 4 atom stereocenters. The third-order valence-electron chi connectivity index (χ3n) is 6.50. The fourth-order valence-corrected chi connectivity index (χ4v) is 4.51. The molecule has 0 radical (unpaired) electrons. The van der Waals surface area contributed by atoms with E-state index in [0.29, 0.717) is 29.3 Å². The topological polar surface area (TPSA) is 191 Å². The van der Waals surface area contributed by atoms with E-state index >= 15 is 0 Å². The van der Waals surface area contributed by atoms with Gasteiger partial charge in [0.15, 0.2) is 46.6 Å². The molecule has 5 aromatic rings. The molecule has 1 saturated heterocycles. The number of fused-ring (bicyclic) bond motifs is 1. The molecule has 15 nitrogen and oxygen atoms in total. The van der Waals surface area contributed by atoms with Crippen LogP contribution in [-0.4, -0.2) is 81.1 Å². The van der Waals surface area contributed by atoms with Gasteiger partial charge in [-0.05, 0) is 12.5 Å². The first-order chi connectivity index (χ1) is 19.4. The summed E-state index contributed by atoms with van der Waals surface area (Å²) in [6.07, 6.45) is -2.14. The molecular formula is C25H26N10O5. The second kappa shape index (κ2) is 10.4. The molecule has 4 N–H and O–H groups in total. The van der Waals surface area contributed by atoms with Crippen molar-refractivity contribution < 1.29 is 24.3 Å². The number of aliphatic hydroxyl groups excluding tert-OH is 2. The summed E-state index contributed by atoms with van der Waals surface area (Å²) in [5.74, 6) is 0.626. The standard InChI is InChI=1S/C25H26N10O5/c1-13-8-15(40-32-13)9-27-22-17-23(35(12-28-17)25-19(37)18(36)20(39-25)24(38)26-2)30-21(29-22)16-11-34(33-31-16)10-14-6-4-3-5-7-14/h3-8,11-12,18-20,25,36-37H,9-10H2,1-2H3,(H,26,38)(H,27,29,30)/t18-,19+,20-,25+/m0/s1. The number of aliphatic hydroxyl groups is 2. The number of aryl methyl sites for hydroxylation is 1. The average molecular weight is 547 g/mol. The van der Waals surface area contributed by atoms with Crippen LogP contribution in [0.2, 0.25) is 0 Å². The van der Waals surface area contributed by atoms with E-state index in [2.05, 4.69) is 41.1 Å². The summed E-state index contributed by atoms with van der Waals surface area (Å²) in [5.41, 5.74) is 2.84. The number of imidazole rings is 1. The van der Waals surface area contributed by atoms with Crippen molar-refractivity contribution >= 4 is 22.9 Å². The lowest BCUT2D eigenvalue weighted by Crippen LogP contribution is -2.41. The molecule has 1 aliphatic heterocycles. The highest BCUT2D eigenvalue weighted by Crippen LogP contribution is 2.33. The number of amides is 1. The Kier molecular flexibility index (Phi) is 6.67. The molecule has 4 aromatic heterocycles. The van der Waals surface area contributed by atoms with Gasteiger partial charge in [0.05, 0.1) is 31.3 Å². The summed E-state index contributed by atoms with van der Waals surface area (Å²) in [6.45, 7) is 2.59. The zero-order valence-corrected chi connectivity index (χ0v) is 21.5. The Morgan fingerprint density at radius 1 is 1.15 bits per heavy atom.